The van der Waals surface area contributed by atoms with E-state index in [0.717, 1.165) is 11.1 Å². The Morgan fingerprint density at radius 3 is 2.56 bits per heavy atom. The fourth-order valence-corrected chi connectivity index (χ4v) is 6.74. The Bertz CT molecular complexity index is 1800. The van der Waals surface area contributed by atoms with Crippen molar-refractivity contribution < 1.29 is 33.4 Å². The predicted molar refractivity (Wildman–Crippen MR) is 183 cm³/mol. The number of hydrogen-bond donors (Lipinski definition) is 3. The predicted octanol–water partition coefficient (Wildman–Crippen LogP) is 6.24. The van der Waals surface area contributed by atoms with Crippen LogP contribution in [0.1, 0.15) is 43.4 Å². The normalized spacial score (nSPS) is 21.4. The van der Waals surface area contributed by atoms with Gasteiger partial charge in [0.15, 0.2) is 5.78 Å². The van der Waals surface area contributed by atoms with Crippen LogP contribution in [0.5, 0.6) is 5.75 Å². The molecule has 2 unspecified atom stereocenters. The van der Waals surface area contributed by atoms with Crippen LogP contribution in [-0.4, -0.2) is 60.6 Å². The second-order valence-electron chi connectivity index (χ2n) is 12.6. The molecule has 8 nitrogen and oxygen atoms in total. The van der Waals surface area contributed by atoms with Crippen molar-refractivity contribution in [3.8, 4) is 28.0 Å². The Kier molecular flexibility index (Phi) is 11.1. The van der Waals surface area contributed by atoms with Gasteiger partial charge in [0, 0.05) is 54.5 Å². The summed E-state index contributed by atoms with van der Waals surface area (Å²) in [4.78, 5) is 38.5. The van der Waals surface area contributed by atoms with Gasteiger partial charge in [0.2, 0.25) is 5.78 Å². The lowest BCUT2D eigenvalue weighted by Crippen LogP contribution is -2.46. The number of nitrogens with one attached hydrogen (secondary N) is 2. The monoisotopic (exact) mass is 674 g/mol. The Morgan fingerprint density at radius 2 is 1.83 bits per heavy atom. The average Bonchev–Trinajstić information content (AvgIpc) is 3.16. The van der Waals surface area contributed by atoms with Crippen molar-refractivity contribution in [2.45, 2.75) is 58.7 Å². The van der Waals surface area contributed by atoms with Crippen LogP contribution in [-0.2, 0) is 32.1 Å². The molecule has 0 saturated carbocycles. The van der Waals surface area contributed by atoms with E-state index in [-0.39, 0.29) is 42.5 Å². The van der Waals surface area contributed by atoms with Gasteiger partial charge in [0.1, 0.15) is 17.3 Å². The number of ketones is 3. The van der Waals surface area contributed by atoms with Crippen LogP contribution in [0.25, 0.3) is 22.3 Å². The van der Waals surface area contributed by atoms with E-state index in [1.807, 2.05) is 37.3 Å². The highest BCUT2D eigenvalue weighted by molar-refractivity contribution is 6.51. The van der Waals surface area contributed by atoms with Gasteiger partial charge in [-0.1, -0.05) is 67.9 Å². The summed E-state index contributed by atoms with van der Waals surface area (Å²) in [6.07, 6.45) is 1.27. The molecule has 4 atom stereocenters. The molecule has 3 aromatic carbocycles. The molecular formula is C38H40ClFN2O6. The third kappa shape index (κ3) is 7.34. The van der Waals surface area contributed by atoms with Gasteiger partial charge in [0.05, 0.1) is 42.2 Å². The standard InChI is InChI=1S/C38H40ClFN2O6/c1-20-13-28(34(44)14-21(2)37(20)45)38(46)31(41)16-23-7-5-8-25(22(23)3)27-10-6-9-26(36(27)39)24-15-30(40)29(35(17-24)47-4)18-42-32-19-48-12-11-33(32)43/h5-10,13,15,17,20-21,32-33,41-43H,11-12,14,16,18-19H2,1-4H3/t20?,21?,32-,33-/m1/s1. The van der Waals surface area contributed by atoms with Crippen molar-refractivity contribution >= 4 is 34.7 Å². The van der Waals surface area contributed by atoms with Crippen molar-refractivity contribution in [3.63, 3.8) is 0 Å². The number of halogens is 2. The van der Waals surface area contributed by atoms with Gasteiger partial charge in [-0.05, 0) is 47.7 Å². The van der Waals surface area contributed by atoms with E-state index in [0.29, 0.717) is 58.2 Å². The zero-order valence-electron chi connectivity index (χ0n) is 27.5. The first-order valence-corrected chi connectivity index (χ1v) is 16.4. The molecule has 2 aliphatic rings. The van der Waals surface area contributed by atoms with E-state index < -0.39 is 35.3 Å². The second kappa shape index (κ2) is 15.0. The Balaban J connectivity index is 1.40. The van der Waals surface area contributed by atoms with Crippen LogP contribution in [0.3, 0.4) is 0 Å². The van der Waals surface area contributed by atoms with Crippen molar-refractivity contribution in [2.24, 2.45) is 11.8 Å². The molecule has 0 spiro atoms. The fourth-order valence-electron chi connectivity index (χ4n) is 6.40. The molecule has 252 valence electrons. The number of carbonyl (C=O) groups excluding carboxylic acids is 3. The van der Waals surface area contributed by atoms with Crippen LogP contribution in [0.4, 0.5) is 4.39 Å². The molecule has 3 aromatic rings. The number of aliphatic hydroxyl groups is 1. The lowest BCUT2D eigenvalue weighted by atomic mass is 9.90. The van der Waals surface area contributed by atoms with Gasteiger partial charge in [-0.2, -0.15) is 0 Å². The maximum Gasteiger partial charge on any atom is 0.210 e. The van der Waals surface area contributed by atoms with Gasteiger partial charge >= 0.3 is 0 Å². The summed E-state index contributed by atoms with van der Waals surface area (Å²) < 4.78 is 26.6. The number of allylic oxidation sites excluding steroid dienone is 2. The quantitative estimate of drug-likeness (QED) is 0.172. The number of hydrogen-bond acceptors (Lipinski definition) is 8. The molecule has 0 radical (unpaired) electrons. The third-order valence-electron chi connectivity index (χ3n) is 9.31. The van der Waals surface area contributed by atoms with Crippen molar-refractivity contribution in [2.75, 3.05) is 20.3 Å². The minimum absolute atomic E-state index is 0.0137. The van der Waals surface area contributed by atoms with Gasteiger partial charge in [-0.15, -0.1) is 0 Å². The van der Waals surface area contributed by atoms with Gasteiger partial charge in [-0.3, -0.25) is 14.4 Å². The van der Waals surface area contributed by atoms with Crippen molar-refractivity contribution in [3.05, 3.63) is 87.7 Å². The molecule has 0 amide bonds. The first-order chi connectivity index (χ1) is 22.9. The third-order valence-corrected chi connectivity index (χ3v) is 9.72. The molecule has 0 aromatic heterocycles. The second-order valence-corrected chi connectivity index (χ2v) is 13.0. The summed E-state index contributed by atoms with van der Waals surface area (Å²) in [5.74, 6) is -2.39. The molecule has 1 aliphatic carbocycles. The number of carbonyl (C=O) groups is 3. The molecule has 3 N–H and O–H groups in total. The van der Waals surface area contributed by atoms with Crippen LogP contribution in [0.15, 0.2) is 60.2 Å². The zero-order chi connectivity index (χ0) is 34.7. The van der Waals surface area contributed by atoms with Crippen LogP contribution in [0.2, 0.25) is 5.02 Å². The molecule has 48 heavy (non-hydrogen) atoms. The van der Waals surface area contributed by atoms with Crippen LogP contribution in [0, 0.1) is 30.0 Å². The molecule has 5 rings (SSSR count). The fraction of sp³-hybridized carbons (Fsp3) is 0.368. The highest BCUT2D eigenvalue weighted by Gasteiger charge is 2.32. The average molecular weight is 675 g/mol. The first-order valence-electron chi connectivity index (χ1n) is 16.0. The van der Waals surface area contributed by atoms with Gasteiger partial charge < -0.3 is 25.3 Å². The zero-order valence-corrected chi connectivity index (χ0v) is 28.2. The number of rotatable bonds is 10. The molecule has 1 heterocycles. The summed E-state index contributed by atoms with van der Waals surface area (Å²) in [6.45, 7) is 6.18. The minimum Gasteiger partial charge on any atom is -0.496 e. The summed E-state index contributed by atoms with van der Waals surface area (Å²) in [6, 6.07) is 13.8. The van der Waals surface area contributed by atoms with Crippen LogP contribution >= 0.6 is 11.6 Å². The Hall–Kier alpha value is -4.02. The first kappa shape index (κ1) is 35.3. The van der Waals surface area contributed by atoms with Gasteiger partial charge in [-0.25, -0.2) is 4.39 Å². The van der Waals surface area contributed by atoms with E-state index in [2.05, 4.69) is 5.32 Å². The number of Topliss-reactive ketones (excluding diaryl/α,β-unsaturated/α-hetero) is 3. The van der Waals surface area contributed by atoms with E-state index in [4.69, 9.17) is 26.5 Å². The Morgan fingerprint density at radius 1 is 1.12 bits per heavy atom. The topological polar surface area (TPSA) is 126 Å². The number of ether oxygens (including phenoxy) is 2. The number of methoxy groups -OCH3 is 1. The van der Waals surface area contributed by atoms with Gasteiger partial charge in [0.25, 0.3) is 0 Å². The van der Waals surface area contributed by atoms with E-state index in [9.17, 15) is 19.5 Å². The smallest absolute Gasteiger partial charge is 0.210 e. The summed E-state index contributed by atoms with van der Waals surface area (Å²) in [5.41, 5.74) is 4.06. The molecule has 0 bridgehead atoms. The van der Waals surface area contributed by atoms with E-state index in [1.54, 1.807) is 26.0 Å². The highest BCUT2D eigenvalue weighted by atomic mass is 35.5. The largest absolute Gasteiger partial charge is 0.496 e. The number of benzene rings is 3. The maximum absolute atomic E-state index is 15.6. The maximum atomic E-state index is 15.6. The molecule has 1 fully saturated rings. The SMILES string of the molecule is COc1cc(-c2cccc(-c3cccc(CC(=N)C(=O)C4=CC(C)C(=O)C(C)CC4=O)c3C)c2Cl)cc(F)c1CN[C@@H]1COCC[C@H]1O. The molecule has 10 heteroatoms. The summed E-state index contributed by atoms with van der Waals surface area (Å²) >= 11 is 7.01. The summed E-state index contributed by atoms with van der Waals surface area (Å²) in [5, 5.41) is 22.4. The number of aliphatic hydroxyl groups excluding tert-OH is 1. The minimum atomic E-state index is -0.670. The highest BCUT2D eigenvalue weighted by Crippen LogP contribution is 2.40. The lowest BCUT2D eigenvalue weighted by Gasteiger charge is -2.29. The molecular weight excluding hydrogens is 635 g/mol. The Labute approximate surface area is 284 Å². The van der Waals surface area contributed by atoms with Crippen molar-refractivity contribution in [1.82, 2.24) is 5.32 Å². The van der Waals surface area contributed by atoms with E-state index in [1.165, 1.54) is 19.3 Å². The van der Waals surface area contributed by atoms with Crippen LogP contribution < -0.4 is 10.1 Å². The molecule has 1 saturated heterocycles. The summed E-state index contributed by atoms with van der Waals surface area (Å²) in [7, 11) is 1.47. The van der Waals surface area contributed by atoms with Crippen molar-refractivity contribution in [1.29, 1.82) is 5.41 Å². The van der Waals surface area contributed by atoms with E-state index >= 15 is 4.39 Å². The lowest BCUT2D eigenvalue weighted by molar-refractivity contribution is -0.127. The molecule has 1 aliphatic heterocycles.